The first-order valence-electron chi connectivity index (χ1n) is 7.82. The van der Waals surface area contributed by atoms with Crippen LogP contribution in [0.15, 0.2) is 24.3 Å². The van der Waals surface area contributed by atoms with Crippen molar-refractivity contribution >= 4 is 17.9 Å². The SMILES string of the molecule is CC[C@@H](C)NC(=O)NC(=O)COC(=O)[C@H](C)Oc1cccc(C)c1. The zero-order valence-corrected chi connectivity index (χ0v) is 14.4. The van der Waals surface area contributed by atoms with Crippen LogP contribution >= 0.6 is 0 Å². The molecule has 0 aliphatic carbocycles. The first-order valence-corrected chi connectivity index (χ1v) is 7.82. The van der Waals surface area contributed by atoms with Gasteiger partial charge in [0.05, 0.1) is 0 Å². The number of ether oxygens (including phenoxy) is 2. The number of benzene rings is 1. The number of hydrogen-bond acceptors (Lipinski definition) is 5. The second-order valence-electron chi connectivity index (χ2n) is 5.52. The first-order chi connectivity index (χ1) is 11.3. The van der Waals surface area contributed by atoms with Crippen LogP contribution in [-0.4, -0.2) is 36.7 Å². The molecule has 3 amide bonds. The number of nitrogens with one attached hydrogen (secondary N) is 2. The minimum Gasteiger partial charge on any atom is -0.479 e. The zero-order valence-electron chi connectivity index (χ0n) is 14.4. The van der Waals surface area contributed by atoms with E-state index in [0.29, 0.717) is 5.75 Å². The van der Waals surface area contributed by atoms with Crippen LogP contribution in [0.25, 0.3) is 0 Å². The third kappa shape index (κ3) is 7.13. The number of carbonyl (C=O) groups excluding carboxylic acids is 3. The monoisotopic (exact) mass is 336 g/mol. The molecule has 0 aliphatic rings. The van der Waals surface area contributed by atoms with Crippen molar-refractivity contribution in [2.45, 2.75) is 46.3 Å². The second-order valence-corrected chi connectivity index (χ2v) is 5.52. The molecule has 7 nitrogen and oxygen atoms in total. The summed E-state index contributed by atoms with van der Waals surface area (Å²) in [5, 5.41) is 4.66. The molecule has 0 saturated carbocycles. The van der Waals surface area contributed by atoms with Gasteiger partial charge in [0.2, 0.25) is 0 Å². The third-order valence-electron chi connectivity index (χ3n) is 3.22. The van der Waals surface area contributed by atoms with Gasteiger partial charge in [-0.1, -0.05) is 19.1 Å². The van der Waals surface area contributed by atoms with E-state index in [2.05, 4.69) is 10.6 Å². The number of carbonyl (C=O) groups is 3. The van der Waals surface area contributed by atoms with Gasteiger partial charge in [0, 0.05) is 6.04 Å². The number of hydrogen-bond donors (Lipinski definition) is 2. The molecule has 1 rings (SSSR count). The maximum absolute atomic E-state index is 11.8. The number of esters is 1. The zero-order chi connectivity index (χ0) is 18.1. The molecule has 1 aromatic carbocycles. The number of aryl methyl sites for hydroxylation is 1. The molecule has 2 N–H and O–H groups in total. The predicted molar refractivity (Wildman–Crippen MR) is 88.7 cm³/mol. The van der Waals surface area contributed by atoms with Crippen LogP contribution in [0.3, 0.4) is 0 Å². The maximum Gasteiger partial charge on any atom is 0.347 e. The van der Waals surface area contributed by atoms with E-state index in [4.69, 9.17) is 9.47 Å². The molecule has 7 heteroatoms. The van der Waals surface area contributed by atoms with Gasteiger partial charge in [0.25, 0.3) is 5.91 Å². The minimum atomic E-state index is -0.867. The fraction of sp³-hybridized carbons (Fsp3) is 0.471. The lowest BCUT2D eigenvalue weighted by Gasteiger charge is -2.15. The van der Waals surface area contributed by atoms with Crippen molar-refractivity contribution in [1.82, 2.24) is 10.6 Å². The lowest BCUT2D eigenvalue weighted by molar-refractivity contribution is -0.154. The van der Waals surface area contributed by atoms with Crippen LogP contribution in [0.1, 0.15) is 32.8 Å². The predicted octanol–water partition coefficient (Wildman–Crippen LogP) is 1.93. The number of imide groups is 1. The van der Waals surface area contributed by atoms with Gasteiger partial charge in [-0.05, 0) is 44.9 Å². The maximum atomic E-state index is 11.8. The summed E-state index contributed by atoms with van der Waals surface area (Å²) in [5.41, 5.74) is 1.000. The van der Waals surface area contributed by atoms with Gasteiger partial charge in [-0.2, -0.15) is 0 Å². The van der Waals surface area contributed by atoms with E-state index in [9.17, 15) is 14.4 Å². The van der Waals surface area contributed by atoms with Gasteiger partial charge in [0.15, 0.2) is 12.7 Å². The molecule has 24 heavy (non-hydrogen) atoms. The molecule has 0 heterocycles. The Kier molecular flexibility index (Phi) is 7.74. The molecule has 0 unspecified atom stereocenters. The highest BCUT2D eigenvalue weighted by Crippen LogP contribution is 2.14. The Hall–Kier alpha value is -2.57. The average molecular weight is 336 g/mol. The van der Waals surface area contributed by atoms with Crippen molar-refractivity contribution in [2.24, 2.45) is 0 Å². The Bertz CT molecular complexity index is 588. The summed E-state index contributed by atoms with van der Waals surface area (Å²) in [6.07, 6.45) is -0.127. The van der Waals surface area contributed by atoms with Crippen LogP contribution in [0.4, 0.5) is 4.79 Å². The Labute approximate surface area is 141 Å². The van der Waals surface area contributed by atoms with Gasteiger partial charge >= 0.3 is 12.0 Å². The van der Waals surface area contributed by atoms with E-state index in [-0.39, 0.29) is 6.04 Å². The Balaban J connectivity index is 2.36. The van der Waals surface area contributed by atoms with Crippen molar-refractivity contribution in [3.63, 3.8) is 0 Å². The molecular weight excluding hydrogens is 312 g/mol. The normalized spacial score (nSPS) is 12.7. The summed E-state index contributed by atoms with van der Waals surface area (Å²) in [7, 11) is 0. The first kappa shape index (κ1) is 19.5. The van der Waals surface area contributed by atoms with E-state index in [1.165, 1.54) is 6.92 Å². The molecule has 1 aromatic rings. The third-order valence-corrected chi connectivity index (χ3v) is 3.22. The largest absolute Gasteiger partial charge is 0.479 e. The van der Waals surface area contributed by atoms with Crippen LogP contribution in [0.2, 0.25) is 0 Å². The standard InChI is InChI=1S/C17H24N2O5/c1-5-12(3)18-17(22)19-15(20)10-23-16(21)13(4)24-14-8-6-7-11(2)9-14/h6-9,12-13H,5,10H2,1-4H3,(H2,18,19,20,22)/t12-,13+/m1/s1. The molecule has 0 aliphatic heterocycles. The summed E-state index contributed by atoms with van der Waals surface area (Å²) >= 11 is 0. The van der Waals surface area contributed by atoms with Crippen LogP contribution in [-0.2, 0) is 14.3 Å². The molecule has 0 bridgehead atoms. The summed E-state index contributed by atoms with van der Waals surface area (Å²) in [4.78, 5) is 34.8. The van der Waals surface area contributed by atoms with Crippen LogP contribution in [0, 0.1) is 6.92 Å². The molecule has 2 atom stereocenters. The van der Waals surface area contributed by atoms with Crippen molar-refractivity contribution in [2.75, 3.05) is 6.61 Å². The van der Waals surface area contributed by atoms with Crippen molar-refractivity contribution < 1.29 is 23.9 Å². The lowest BCUT2D eigenvalue weighted by Crippen LogP contribution is -2.45. The van der Waals surface area contributed by atoms with Crippen molar-refractivity contribution in [3.8, 4) is 5.75 Å². The molecule has 132 valence electrons. The summed E-state index contributed by atoms with van der Waals surface area (Å²) in [6.45, 7) is 6.61. The molecular formula is C17H24N2O5. The van der Waals surface area contributed by atoms with E-state index in [0.717, 1.165) is 12.0 Å². The average Bonchev–Trinajstić information content (AvgIpc) is 2.52. The lowest BCUT2D eigenvalue weighted by atomic mass is 10.2. The summed E-state index contributed by atoms with van der Waals surface area (Å²) in [5.74, 6) is -0.849. The number of rotatable bonds is 7. The van der Waals surface area contributed by atoms with Crippen LogP contribution in [0.5, 0.6) is 5.75 Å². The molecule has 0 radical (unpaired) electrons. The highest BCUT2D eigenvalue weighted by Gasteiger charge is 2.18. The van der Waals surface area contributed by atoms with E-state index in [1.54, 1.807) is 12.1 Å². The molecule has 0 aromatic heterocycles. The smallest absolute Gasteiger partial charge is 0.347 e. The van der Waals surface area contributed by atoms with Crippen molar-refractivity contribution in [3.05, 3.63) is 29.8 Å². The van der Waals surface area contributed by atoms with Crippen LogP contribution < -0.4 is 15.4 Å². The quantitative estimate of drug-likeness (QED) is 0.742. The summed E-state index contributed by atoms with van der Waals surface area (Å²) < 4.78 is 10.3. The van der Waals surface area contributed by atoms with E-state index < -0.39 is 30.6 Å². The highest BCUT2D eigenvalue weighted by molar-refractivity contribution is 5.95. The Morgan fingerprint density at radius 1 is 1.21 bits per heavy atom. The van der Waals surface area contributed by atoms with Crippen molar-refractivity contribution in [1.29, 1.82) is 0 Å². The fourth-order valence-corrected chi connectivity index (χ4v) is 1.72. The Morgan fingerprint density at radius 3 is 2.54 bits per heavy atom. The number of urea groups is 1. The second kappa shape index (κ2) is 9.54. The number of amides is 3. The van der Waals surface area contributed by atoms with E-state index in [1.807, 2.05) is 32.9 Å². The Morgan fingerprint density at radius 2 is 1.92 bits per heavy atom. The van der Waals surface area contributed by atoms with Gasteiger partial charge in [-0.25, -0.2) is 9.59 Å². The summed E-state index contributed by atoms with van der Waals surface area (Å²) in [6, 6.07) is 6.56. The topological polar surface area (TPSA) is 93.7 Å². The molecule has 0 fully saturated rings. The van der Waals surface area contributed by atoms with Gasteiger partial charge < -0.3 is 14.8 Å². The van der Waals surface area contributed by atoms with Gasteiger partial charge in [0.1, 0.15) is 5.75 Å². The van der Waals surface area contributed by atoms with Gasteiger partial charge in [-0.15, -0.1) is 0 Å². The van der Waals surface area contributed by atoms with Gasteiger partial charge in [-0.3, -0.25) is 10.1 Å². The minimum absolute atomic E-state index is 0.0527. The fourth-order valence-electron chi connectivity index (χ4n) is 1.72. The highest BCUT2D eigenvalue weighted by atomic mass is 16.6. The molecule has 0 saturated heterocycles. The molecule has 0 spiro atoms. The van der Waals surface area contributed by atoms with E-state index >= 15 is 0 Å².